The molecule has 1 aliphatic heterocycles. The van der Waals surface area contributed by atoms with E-state index in [9.17, 15) is 4.79 Å². The van der Waals surface area contributed by atoms with Crippen LogP contribution in [0.4, 0.5) is 5.69 Å². The number of amides is 1. The summed E-state index contributed by atoms with van der Waals surface area (Å²) in [5.74, 6) is 2.19. The zero-order valence-corrected chi connectivity index (χ0v) is 19.0. The predicted octanol–water partition coefficient (Wildman–Crippen LogP) is 5.72. The van der Waals surface area contributed by atoms with Crippen LogP contribution in [0.2, 0.25) is 0 Å². The lowest BCUT2D eigenvalue weighted by Crippen LogP contribution is -2.24. The predicted molar refractivity (Wildman–Crippen MR) is 132 cm³/mol. The first-order valence-electron chi connectivity index (χ1n) is 11.7. The first-order valence-corrected chi connectivity index (χ1v) is 11.7. The molecule has 0 radical (unpaired) electrons. The molecule has 1 unspecified atom stereocenters. The van der Waals surface area contributed by atoms with Gasteiger partial charge in [0, 0.05) is 31.1 Å². The van der Waals surface area contributed by atoms with E-state index in [1.54, 1.807) is 0 Å². The number of anilines is 1. The second kappa shape index (κ2) is 9.49. The van der Waals surface area contributed by atoms with Crippen LogP contribution < -0.4 is 9.64 Å². The Bertz CT molecular complexity index is 1230. The van der Waals surface area contributed by atoms with Crippen molar-refractivity contribution in [3.63, 3.8) is 0 Å². The highest BCUT2D eigenvalue weighted by Crippen LogP contribution is 2.33. The lowest BCUT2D eigenvalue weighted by atomic mass is 10.1. The monoisotopic (exact) mass is 439 g/mol. The number of fused-ring (bicyclic) bond motifs is 1. The number of para-hydroxylation sites is 3. The van der Waals surface area contributed by atoms with Crippen LogP contribution >= 0.6 is 0 Å². The van der Waals surface area contributed by atoms with Crippen molar-refractivity contribution in [3.05, 3.63) is 90.3 Å². The maximum absolute atomic E-state index is 12.8. The molecule has 2 heterocycles. The van der Waals surface area contributed by atoms with Gasteiger partial charge in [-0.25, -0.2) is 4.98 Å². The molecule has 1 atom stereocenters. The van der Waals surface area contributed by atoms with E-state index >= 15 is 0 Å². The fourth-order valence-electron chi connectivity index (χ4n) is 4.58. The minimum Gasteiger partial charge on any atom is -0.494 e. The van der Waals surface area contributed by atoms with Gasteiger partial charge >= 0.3 is 0 Å². The maximum Gasteiger partial charge on any atom is 0.227 e. The number of carbonyl (C=O) groups excluding carboxylic acids is 1. The molecule has 1 aromatic heterocycles. The summed E-state index contributed by atoms with van der Waals surface area (Å²) in [5.41, 5.74) is 4.32. The molecule has 1 saturated heterocycles. The fourth-order valence-corrected chi connectivity index (χ4v) is 4.58. The number of ether oxygens (including phenoxy) is 1. The minimum absolute atomic E-state index is 0.0916. The number of carbonyl (C=O) groups is 1. The lowest BCUT2D eigenvalue weighted by molar-refractivity contribution is -0.117. The van der Waals surface area contributed by atoms with Crippen molar-refractivity contribution >= 4 is 22.6 Å². The molecule has 33 heavy (non-hydrogen) atoms. The van der Waals surface area contributed by atoms with E-state index in [4.69, 9.17) is 9.72 Å². The molecule has 0 spiro atoms. The van der Waals surface area contributed by atoms with Crippen LogP contribution in [0.1, 0.15) is 36.6 Å². The molecule has 1 amide bonds. The number of aromatic nitrogens is 2. The van der Waals surface area contributed by atoms with Gasteiger partial charge in [0.15, 0.2) is 0 Å². The molecule has 0 N–H and O–H groups in total. The number of imidazole rings is 1. The molecule has 5 nitrogen and oxygen atoms in total. The first-order chi connectivity index (χ1) is 16.2. The van der Waals surface area contributed by atoms with Gasteiger partial charge in [0.25, 0.3) is 0 Å². The number of rotatable bonds is 8. The van der Waals surface area contributed by atoms with Crippen LogP contribution in [0.25, 0.3) is 11.0 Å². The average Bonchev–Trinajstić information content (AvgIpc) is 3.41. The van der Waals surface area contributed by atoms with Crippen LogP contribution in [0.5, 0.6) is 5.75 Å². The SMILES string of the molecule is Cc1ccc(OCCCCn2c(C3CC(=O)N(c4ccccc4)C3)nc3ccccc32)cc1. The number of nitrogens with zero attached hydrogens (tertiary/aromatic N) is 3. The van der Waals surface area contributed by atoms with Crippen molar-refractivity contribution < 1.29 is 9.53 Å². The Hall–Kier alpha value is -3.60. The van der Waals surface area contributed by atoms with Crippen LogP contribution in [0.3, 0.4) is 0 Å². The van der Waals surface area contributed by atoms with Crippen LogP contribution in [0.15, 0.2) is 78.9 Å². The summed E-state index contributed by atoms with van der Waals surface area (Å²) >= 11 is 0. The van der Waals surface area contributed by atoms with E-state index in [2.05, 4.69) is 41.8 Å². The molecular formula is C28H29N3O2. The molecular weight excluding hydrogens is 410 g/mol. The van der Waals surface area contributed by atoms with Gasteiger partial charge in [-0.05, 0) is 56.2 Å². The van der Waals surface area contributed by atoms with Crippen molar-refractivity contribution in [2.75, 3.05) is 18.1 Å². The van der Waals surface area contributed by atoms with Crippen molar-refractivity contribution in [1.82, 2.24) is 9.55 Å². The number of hydrogen-bond acceptors (Lipinski definition) is 3. The summed E-state index contributed by atoms with van der Waals surface area (Å²) in [6, 6.07) is 26.4. The van der Waals surface area contributed by atoms with Crippen LogP contribution in [-0.2, 0) is 11.3 Å². The molecule has 0 aliphatic carbocycles. The van der Waals surface area contributed by atoms with Crippen molar-refractivity contribution in [2.24, 2.45) is 0 Å². The third kappa shape index (κ3) is 4.63. The molecule has 1 fully saturated rings. The second-order valence-corrected chi connectivity index (χ2v) is 8.72. The average molecular weight is 440 g/mol. The molecule has 0 saturated carbocycles. The van der Waals surface area contributed by atoms with Crippen LogP contribution in [0, 0.1) is 6.92 Å². The third-order valence-corrected chi connectivity index (χ3v) is 6.31. The summed E-state index contributed by atoms with van der Waals surface area (Å²) in [7, 11) is 0. The van der Waals surface area contributed by atoms with Gasteiger partial charge in [-0.2, -0.15) is 0 Å². The molecule has 4 aromatic rings. The summed E-state index contributed by atoms with van der Waals surface area (Å²) in [6.07, 6.45) is 2.44. The summed E-state index contributed by atoms with van der Waals surface area (Å²) in [4.78, 5) is 19.7. The standard InChI is InChI=1S/C28H29N3O2/c1-21-13-15-24(16-14-21)33-18-8-7-17-30-26-12-6-5-11-25(26)29-28(30)22-19-27(32)31(20-22)23-9-3-2-4-10-23/h2-6,9-16,22H,7-8,17-20H2,1H3. The quantitative estimate of drug-likeness (QED) is 0.330. The van der Waals surface area contributed by atoms with E-state index in [-0.39, 0.29) is 11.8 Å². The number of unbranched alkanes of at least 4 members (excludes halogenated alkanes) is 1. The second-order valence-electron chi connectivity index (χ2n) is 8.72. The Morgan fingerprint density at radius 3 is 2.52 bits per heavy atom. The van der Waals surface area contributed by atoms with Crippen molar-refractivity contribution in [2.45, 2.75) is 38.6 Å². The molecule has 1 aliphatic rings. The van der Waals surface area contributed by atoms with Gasteiger partial charge in [0.05, 0.1) is 17.6 Å². The van der Waals surface area contributed by atoms with E-state index in [1.807, 2.05) is 53.4 Å². The van der Waals surface area contributed by atoms with Gasteiger partial charge in [0.1, 0.15) is 11.6 Å². The van der Waals surface area contributed by atoms with E-state index in [0.717, 1.165) is 47.7 Å². The molecule has 5 rings (SSSR count). The summed E-state index contributed by atoms with van der Waals surface area (Å²) < 4.78 is 8.21. The Labute approximate surface area is 194 Å². The molecule has 3 aromatic carbocycles. The van der Waals surface area contributed by atoms with Gasteiger partial charge < -0.3 is 14.2 Å². The molecule has 168 valence electrons. The largest absolute Gasteiger partial charge is 0.494 e. The van der Waals surface area contributed by atoms with Gasteiger partial charge in [-0.1, -0.05) is 48.0 Å². The minimum atomic E-state index is 0.0916. The Morgan fingerprint density at radius 1 is 0.939 bits per heavy atom. The third-order valence-electron chi connectivity index (χ3n) is 6.31. The molecule has 5 heteroatoms. The Kier molecular flexibility index (Phi) is 6.11. The van der Waals surface area contributed by atoms with Gasteiger partial charge in [-0.3, -0.25) is 4.79 Å². The molecule has 0 bridgehead atoms. The topological polar surface area (TPSA) is 47.4 Å². The highest BCUT2D eigenvalue weighted by Gasteiger charge is 2.34. The number of aryl methyl sites for hydroxylation is 2. The summed E-state index contributed by atoms with van der Waals surface area (Å²) in [5, 5.41) is 0. The van der Waals surface area contributed by atoms with Gasteiger partial charge in [-0.15, -0.1) is 0 Å². The van der Waals surface area contributed by atoms with E-state index in [1.165, 1.54) is 5.56 Å². The Balaban J connectivity index is 1.28. The fraction of sp³-hybridized carbons (Fsp3) is 0.286. The highest BCUT2D eigenvalue weighted by molar-refractivity contribution is 5.96. The first kappa shape index (κ1) is 21.3. The normalized spacial score (nSPS) is 16.0. The Morgan fingerprint density at radius 2 is 1.70 bits per heavy atom. The lowest BCUT2D eigenvalue weighted by Gasteiger charge is -2.17. The van der Waals surface area contributed by atoms with Crippen molar-refractivity contribution in [3.8, 4) is 5.75 Å². The van der Waals surface area contributed by atoms with Gasteiger partial charge in [0.2, 0.25) is 5.91 Å². The van der Waals surface area contributed by atoms with Crippen LogP contribution in [-0.4, -0.2) is 28.6 Å². The zero-order chi connectivity index (χ0) is 22.6. The maximum atomic E-state index is 12.8. The summed E-state index contributed by atoms with van der Waals surface area (Å²) in [6.45, 7) is 4.30. The zero-order valence-electron chi connectivity index (χ0n) is 19.0. The van der Waals surface area contributed by atoms with E-state index < -0.39 is 0 Å². The highest BCUT2D eigenvalue weighted by atomic mass is 16.5. The smallest absolute Gasteiger partial charge is 0.227 e. The van der Waals surface area contributed by atoms with Crippen molar-refractivity contribution in [1.29, 1.82) is 0 Å². The number of hydrogen-bond donors (Lipinski definition) is 0. The van der Waals surface area contributed by atoms with E-state index in [0.29, 0.717) is 19.6 Å². The number of benzene rings is 3.